The number of aromatic nitrogens is 1. The SMILES string of the molecule is COc1ccc(S(=O)(=O)N2CCN(S(=O)(=O)c3cnc(-c4ccc(F)cc4)s3)CC2)cc1. The third kappa shape index (κ3) is 4.41. The van der Waals surface area contributed by atoms with Crippen molar-refractivity contribution in [2.24, 2.45) is 0 Å². The van der Waals surface area contributed by atoms with Crippen LogP contribution in [0.25, 0.3) is 10.6 Å². The van der Waals surface area contributed by atoms with Gasteiger partial charge in [-0.1, -0.05) is 0 Å². The molecule has 1 aromatic heterocycles. The van der Waals surface area contributed by atoms with E-state index in [0.717, 1.165) is 11.3 Å². The number of benzene rings is 2. The molecule has 0 N–H and O–H groups in total. The highest BCUT2D eigenvalue weighted by Crippen LogP contribution is 2.31. The fourth-order valence-electron chi connectivity index (χ4n) is 3.28. The number of hydrogen-bond donors (Lipinski definition) is 0. The summed E-state index contributed by atoms with van der Waals surface area (Å²) in [6.07, 6.45) is 1.28. The highest BCUT2D eigenvalue weighted by Gasteiger charge is 2.34. The van der Waals surface area contributed by atoms with Gasteiger partial charge < -0.3 is 4.74 Å². The van der Waals surface area contributed by atoms with E-state index in [9.17, 15) is 21.2 Å². The summed E-state index contributed by atoms with van der Waals surface area (Å²) >= 11 is 0.992. The monoisotopic (exact) mass is 497 g/mol. The van der Waals surface area contributed by atoms with Crippen LogP contribution in [0.4, 0.5) is 4.39 Å². The van der Waals surface area contributed by atoms with Crippen LogP contribution in [0.1, 0.15) is 0 Å². The van der Waals surface area contributed by atoms with Gasteiger partial charge in [0.1, 0.15) is 16.6 Å². The summed E-state index contributed by atoms with van der Waals surface area (Å²) in [5, 5.41) is 0.462. The number of thiazole rings is 1. The molecular weight excluding hydrogens is 477 g/mol. The molecule has 2 heterocycles. The first kappa shape index (κ1) is 22.8. The van der Waals surface area contributed by atoms with Crippen LogP contribution in [-0.4, -0.2) is 63.7 Å². The minimum Gasteiger partial charge on any atom is -0.497 e. The molecule has 0 radical (unpaired) electrons. The zero-order valence-electron chi connectivity index (χ0n) is 17.0. The second kappa shape index (κ2) is 8.87. The van der Waals surface area contributed by atoms with Crippen LogP contribution in [0.15, 0.2) is 63.8 Å². The quantitative estimate of drug-likeness (QED) is 0.520. The van der Waals surface area contributed by atoms with Crippen LogP contribution in [0.5, 0.6) is 5.75 Å². The summed E-state index contributed by atoms with van der Waals surface area (Å²) in [7, 11) is -6.07. The molecule has 1 aliphatic rings. The van der Waals surface area contributed by atoms with Crippen molar-refractivity contribution in [3.05, 3.63) is 60.5 Å². The van der Waals surface area contributed by atoms with Crippen molar-refractivity contribution in [3.63, 3.8) is 0 Å². The number of ether oxygens (including phenoxy) is 1. The molecule has 1 saturated heterocycles. The number of sulfonamides is 2. The third-order valence-corrected chi connectivity index (χ3v) is 10.4. The van der Waals surface area contributed by atoms with Gasteiger partial charge in [-0.05, 0) is 48.5 Å². The largest absolute Gasteiger partial charge is 0.497 e. The summed E-state index contributed by atoms with van der Waals surface area (Å²) in [4.78, 5) is 4.28. The number of halogens is 1. The van der Waals surface area contributed by atoms with Gasteiger partial charge in [0, 0.05) is 31.7 Å². The number of hydrogen-bond acceptors (Lipinski definition) is 7. The van der Waals surface area contributed by atoms with Gasteiger partial charge in [-0.15, -0.1) is 11.3 Å². The molecule has 4 rings (SSSR count). The van der Waals surface area contributed by atoms with Gasteiger partial charge >= 0.3 is 0 Å². The Balaban J connectivity index is 1.47. The van der Waals surface area contributed by atoms with E-state index in [2.05, 4.69) is 4.98 Å². The molecule has 3 aromatic rings. The van der Waals surface area contributed by atoms with E-state index >= 15 is 0 Å². The van der Waals surface area contributed by atoms with Gasteiger partial charge in [0.2, 0.25) is 10.0 Å². The van der Waals surface area contributed by atoms with Crippen molar-refractivity contribution < 1.29 is 26.0 Å². The van der Waals surface area contributed by atoms with Crippen molar-refractivity contribution in [2.75, 3.05) is 33.3 Å². The van der Waals surface area contributed by atoms with Gasteiger partial charge in [0.15, 0.2) is 4.21 Å². The molecule has 0 aliphatic carbocycles. The van der Waals surface area contributed by atoms with Crippen molar-refractivity contribution in [2.45, 2.75) is 9.10 Å². The van der Waals surface area contributed by atoms with E-state index in [-0.39, 0.29) is 41.1 Å². The zero-order valence-corrected chi connectivity index (χ0v) is 19.5. The maximum absolute atomic E-state index is 13.1. The van der Waals surface area contributed by atoms with E-state index < -0.39 is 20.0 Å². The Labute approximate surface area is 190 Å². The Morgan fingerprint density at radius 2 is 1.44 bits per heavy atom. The summed E-state index contributed by atoms with van der Waals surface area (Å²) in [5.74, 6) is 0.157. The first-order chi connectivity index (χ1) is 15.2. The molecular formula is C20H20FN3O5S3. The molecule has 32 heavy (non-hydrogen) atoms. The molecule has 8 nitrogen and oxygen atoms in total. The normalized spacial score (nSPS) is 16.2. The van der Waals surface area contributed by atoms with Crippen LogP contribution < -0.4 is 4.74 Å². The maximum Gasteiger partial charge on any atom is 0.254 e. The average molecular weight is 498 g/mol. The van der Waals surface area contributed by atoms with Gasteiger partial charge in [-0.3, -0.25) is 0 Å². The molecule has 0 saturated carbocycles. The van der Waals surface area contributed by atoms with Crippen LogP contribution in [0.2, 0.25) is 0 Å². The van der Waals surface area contributed by atoms with Gasteiger partial charge in [0.05, 0.1) is 18.2 Å². The smallest absolute Gasteiger partial charge is 0.254 e. The minimum atomic E-state index is -3.82. The Kier molecular flexibility index (Phi) is 6.32. The Morgan fingerprint density at radius 3 is 2.00 bits per heavy atom. The van der Waals surface area contributed by atoms with Crippen LogP contribution in [0.3, 0.4) is 0 Å². The Morgan fingerprint density at radius 1 is 0.875 bits per heavy atom. The fourth-order valence-corrected chi connectivity index (χ4v) is 7.42. The van der Waals surface area contributed by atoms with E-state index in [1.54, 1.807) is 12.1 Å². The number of nitrogens with zero attached hydrogens (tertiary/aromatic N) is 3. The van der Waals surface area contributed by atoms with Crippen molar-refractivity contribution in [1.82, 2.24) is 13.6 Å². The predicted octanol–water partition coefficient (Wildman–Crippen LogP) is 2.65. The first-order valence-corrected chi connectivity index (χ1v) is 13.3. The van der Waals surface area contributed by atoms with Gasteiger partial charge in [0.25, 0.3) is 10.0 Å². The lowest BCUT2D eigenvalue weighted by Crippen LogP contribution is -2.50. The molecule has 170 valence electrons. The summed E-state index contributed by atoms with van der Waals surface area (Å²) in [5.41, 5.74) is 0.619. The van der Waals surface area contributed by atoms with Gasteiger partial charge in [-0.2, -0.15) is 8.61 Å². The lowest BCUT2D eigenvalue weighted by molar-refractivity contribution is 0.273. The predicted molar refractivity (Wildman–Crippen MR) is 118 cm³/mol. The molecule has 0 unspecified atom stereocenters. The topological polar surface area (TPSA) is 96.9 Å². The lowest BCUT2D eigenvalue weighted by Gasteiger charge is -2.32. The minimum absolute atomic E-state index is 0.0293. The zero-order chi connectivity index (χ0) is 22.9. The number of methoxy groups -OCH3 is 1. The van der Waals surface area contributed by atoms with Crippen LogP contribution in [0, 0.1) is 5.82 Å². The molecule has 2 aromatic carbocycles. The third-order valence-electron chi connectivity index (χ3n) is 5.06. The van der Waals surface area contributed by atoms with Crippen LogP contribution >= 0.6 is 11.3 Å². The lowest BCUT2D eigenvalue weighted by atomic mass is 10.2. The van der Waals surface area contributed by atoms with E-state index in [1.807, 2.05) is 0 Å². The number of rotatable bonds is 6. The van der Waals surface area contributed by atoms with E-state index in [4.69, 9.17) is 4.74 Å². The van der Waals surface area contributed by atoms with Crippen molar-refractivity contribution in [3.8, 4) is 16.3 Å². The van der Waals surface area contributed by atoms with Crippen LogP contribution in [-0.2, 0) is 20.0 Å². The summed E-state index contributed by atoms with van der Waals surface area (Å²) < 4.78 is 72.6. The molecule has 1 aliphatic heterocycles. The van der Waals surface area contributed by atoms with Crippen molar-refractivity contribution in [1.29, 1.82) is 0 Å². The highest BCUT2D eigenvalue weighted by molar-refractivity contribution is 7.91. The Hall–Kier alpha value is -2.38. The summed E-state index contributed by atoms with van der Waals surface area (Å²) in [6.45, 7) is 0.136. The average Bonchev–Trinajstić information content (AvgIpc) is 3.31. The molecule has 0 amide bonds. The van der Waals surface area contributed by atoms with E-state index in [0.29, 0.717) is 16.3 Å². The highest BCUT2D eigenvalue weighted by atomic mass is 32.2. The molecule has 1 fully saturated rings. The second-order valence-electron chi connectivity index (χ2n) is 6.98. The molecule has 0 spiro atoms. The molecule has 0 bridgehead atoms. The van der Waals surface area contributed by atoms with Crippen molar-refractivity contribution >= 4 is 31.4 Å². The fraction of sp³-hybridized carbons (Fsp3) is 0.250. The maximum atomic E-state index is 13.1. The Bertz CT molecular complexity index is 1300. The molecule has 12 heteroatoms. The van der Waals surface area contributed by atoms with E-state index in [1.165, 1.54) is 58.3 Å². The van der Waals surface area contributed by atoms with Gasteiger partial charge in [-0.25, -0.2) is 26.2 Å². The second-order valence-corrected chi connectivity index (χ2v) is 12.1. The standard InChI is InChI=1S/C20H20FN3O5S3/c1-29-17-6-8-18(9-7-17)31(25,26)23-10-12-24(13-11-23)32(27,28)19-14-22-20(30-19)15-2-4-16(21)5-3-15/h2-9,14H,10-13H2,1H3. The summed E-state index contributed by atoms with van der Waals surface area (Å²) in [6, 6.07) is 11.7. The molecule has 0 atom stereocenters. The number of piperazine rings is 1. The first-order valence-electron chi connectivity index (χ1n) is 9.58.